The van der Waals surface area contributed by atoms with Gasteiger partial charge < -0.3 is 65.1 Å². The molecule has 12 unspecified atom stereocenters. The average Bonchev–Trinajstić information content (AvgIpc) is 3.47. The van der Waals surface area contributed by atoms with Crippen LogP contribution in [0.2, 0.25) is 0 Å². The predicted molar refractivity (Wildman–Crippen MR) is 327 cm³/mol. The Bertz CT molecular complexity index is 1630. The predicted octanol–water partition coefficient (Wildman–Crippen LogP) is 12.3. The Morgan fingerprint density at radius 2 is 0.852 bits per heavy atom. The Hall–Kier alpha value is -2.57. The second kappa shape index (κ2) is 51.8. The van der Waals surface area contributed by atoms with E-state index in [-0.39, 0.29) is 18.9 Å². The summed E-state index contributed by atoms with van der Waals surface area (Å²) in [5.74, 6) is -0.258. The Morgan fingerprint density at radius 3 is 1.31 bits per heavy atom. The molecule has 0 spiro atoms. The number of nitrogens with one attached hydrogen (secondary N) is 1. The SMILES string of the molecule is CC/C=C\C/C=C\C/C=C\C/C=C\C/C=C\CCCCCCCC(=O)NC(COC1OC(CO)C(OC2OC(CO)C(O)C(O)C2O)C(O)C1O)C(O)/C=C/CCCCCCCCCCCCCCCCCCCCCCCCCC. The van der Waals surface area contributed by atoms with Gasteiger partial charge in [-0.3, -0.25) is 4.79 Å². The fourth-order valence-electron chi connectivity index (χ4n) is 10.4. The molecule has 14 nitrogen and oxygen atoms in total. The van der Waals surface area contributed by atoms with Gasteiger partial charge in [-0.15, -0.1) is 0 Å². The van der Waals surface area contributed by atoms with Gasteiger partial charge in [0.2, 0.25) is 5.91 Å². The van der Waals surface area contributed by atoms with Crippen LogP contribution in [0.25, 0.3) is 0 Å². The fraction of sp³-hybridized carbons (Fsp3) is 0.806. The molecule has 14 heteroatoms. The van der Waals surface area contributed by atoms with E-state index in [1.807, 2.05) is 6.08 Å². The third-order valence-corrected chi connectivity index (χ3v) is 15.6. The van der Waals surface area contributed by atoms with Crippen molar-refractivity contribution in [2.45, 2.75) is 325 Å². The number of aliphatic hydroxyl groups excluding tert-OH is 8. The number of amides is 1. The van der Waals surface area contributed by atoms with Crippen molar-refractivity contribution in [3.05, 3.63) is 72.9 Å². The van der Waals surface area contributed by atoms with Crippen LogP contribution in [0.15, 0.2) is 72.9 Å². The number of rotatable bonds is 52. The third-order valence-electron chi connectivity index (χ3n) is 15.6. The highest BCUT2D eigenvalue weighted by Gasteiger charge is 2.51. The molecule has 2 rings (SSSR count). The molecule has 0 aromatic carbocycles. The van der Waals surface area contributed by atoms with Crippen LogP contribution in [-0.2, 0) is 23.7 Å². The van der Waals surface area contributed by atoms with Crippen molar-refractivity contribution in [3.63, 3.8) is 0 Å². The van der Waals surface area contributed by atoms with Crippen LogP contribution in [0.3, 0.4) is 0 Å². The molecule has 2 fully saturated rings. The van der Waals surface area contributed by atoms with E-state index in [4.69, 9.17) is 18.9 Å². The van der Waals surface area contributed by atoms with Crippen LogP contribution >= 0.6 is 0 Å². The first-order valence-corrected chi connectivity index (χ1v) is 32.7. The smallest absolute Gasteiger partial charge is 0.220 e. The lowest BCUT2D eigenvalue weighted by Crippen LogP contribution is -2.65. The molecule has 0 saturated carbocycles. The Balaban J connectivity index is 1.74. The van der Waals surface area contributed by atoms with E-state index < -0.39 is 86.8 Å². The normalized spacial score (nSPS) is 24.6. The van der Waals surface area contributed by atoms with Gasteiger partial charge in [-0.1, -0.05) is 254 Å². The average molecular weight is 1150 g/mol. The van der Waals surface area contributed by atoms with Gasteiger partial charge in [0.1, 0.15) is 48.8 Å². The highest BCUT2D eigenvalue weighted by atomic mass is 16.7. The molecule has 12 atom stereocenters. The van der Waals surface area contributed by atoms with Gasteiger partial charge in [0, 0.05) is 6.42 Å². The Labute approximate surface area is 491 Å². The summed E-state index contributed by atoms with van der Waals surface area (Å²) in [6.45, 7) is 2.69. The van der Waals surface area contributed by atoms with Gasteiger partial charge in [-0.25, -0.2) is 0 Å². The quantitative estimate of drug-likeness (QED) is 0.0204. The van der Waals surface area contributed by atoms with Gasteiger partial charge in [-0.05, 0) is 64.2 Å². The molecule has 0 aromatic heterocycles. The minimum absolute atomic E-state index is 0.256. The van der Waals surface area contributed by atoms with E-state index in [1.54, 1.807) is 6.08 Å². The number of hydrogen-bond acceptors (Lipinski definition) is 13. The minimum atomic E-state index is -1.79. The maximum absolute atomic E-state index is 13.3. The summed E-state index contributed by atoms with van der Waals surface area (Å²) in [5, 5.41) is 87.3. The highest BCUT2D eigenvalue weighted by Crippen LogP contribution is 2.30. The summed E-state index contributed by atoms with van der Waals surface area (Å²) in [6.07, 6.45) is 52.3. The van der Waals surface area contributed by atoms with Gasteiger partial charge in [0.25, 0.3) is 0 Å². The van der Waals surface area contributed by atoms with Crippen molar-refractivity contribution in [2.24, 2.45) is 0 Å². The topological polar surface area (TPSA) is 228 Å². The van der Waals surface area contributed by atoms with Gasteiger partial charge in [0.05, 0.1) is 32.0 Å². The number of carbonyl (C=O) groups excluding carboxylic acids is 1. The number of hydrogen-bond donors (Lipinski definition) is 9. The second-order valence-corrected chi connectivity index (χ2v) is 22.9. The fourth-order valence-corrected chi connectivity index (χ4v) is 10.4. The van der Waals surface area contributed by atoms with Crippen LogP contribution in [0, 0.1) is 0 Å². The van der Waals surface area contributed by atoms with Crippen LogP contribution in [-0.4, -0.2) is 140 Å². The van der Waals surface area contributed by atoms with E-state index in [0.717, 1.165) is 83.5 Å². The second-order valence-electron chi connectivity index (χ2n) is 22.9. The van der Waals surface area contributed by atoms with Crippen LogP contribution in [0.4, 0.5) is 0 Å². The maximum atomic E-state index is 13.3. The molecule has 2 saturated heterocycles. The molecule has 2 aliphatic rings. The molecule has 9 N–H and O–H groups in total. The van der Waals surface area contributed by atoms with Crippen molar-refractivity contribution in [1.82, 2.24) is 5.32 Å². The molecular formula is C67H119NO13. The first-order chi connectivity index (χ1) is 39.6. The Morgan fingerprint density at radius 1 is 0.457 bits per heavy atom. The molecular weight excluding hydrogens is 1030 g/mol. The molecule has 0 bridgehead atoms. The van der Waals surface area contributed by atoms with Gasteiger partial charge in [0.15, 0.2) is 12.6 Å². The molecule has 0 aliphatic carbocycles. The monoisotopic (exact) mass is 1150 g/mol. The lowest BCUT2D eigenvalue weighted by atomic mass is 9.97. The lowest BCUT2D eigenvalue weighted by Gasteiger charge is -2.46. The number of unbranched alkanes of at least 4 members (excludes halogenated alkanes) is 29. The number of carbonyl (C=O) groups is 1. The first kappa shape index (κ1) is 74.5. The Kier molecular flexibility index (Phi) is 47.7. The maximum Gasteiger partial charge on any atom is 0.220 e. The summed E-state index contributed by atoms with van der Waals surface area (Å²) in [6, 6.07) is -0.931. The summed E-state index contributed by atoms with van der Waals surface area (Å²) in [5.41, 5.74) is 0. The molecule has 1 amide bonds. The molecule has 2 aliphatic heterocycles. The van der Waals surface area contributed by atoms with E-state index in [2.05, 4.69) is 79.9 Å². The van der Waals surface area contributed by atoms with Crippen molar-refractivity contribution < 1.29 is 64.6 Å². The molecule has 470 valence electrons. The van der Waals surface area contributed by atoms with Crippen molar-refractivity contribution >= 4 is 5.91 Å². The molecule has 0 aromatic rings. The standard InChI is InChI=1S/C67H119NO13/c1-3-5-7-9-11-13-15-17-19-21-23-25-26-27-28-29-31-32-34-36-38-40-42-44-46-48-50-56(71)55(54-78-66-64(77)62(75)65(58(53-70)80-66)81-67-63(76)61(74)60(73)57(52-69)79-67)68-59(72)51-49-47-45-43-41-39-37-35-33-30-24-22-20-18-16-14-12-10-8-6-4-2/h6,8,12,14,18,20,24,30,35,37,48,50,55-58,60-67,69-71,73-77H,3-5,7,9-11,13,15-17,19,21-23,25-29,31-34,36,38-47,49,51-54H2,1-2H3,(H,68,72)/b8-6-,14-12-,20-18-,30-24-,37-35-,50-48+. The first-order valence-electron chi connectivity index (χ1n) is 32.7. The van der Waals surface area contributed by atoms with E-state index in [0.29, 0.717) is 6.42 Å². The van der Waals surface area contributed by atoms with E-state index in [1.165, 1.54) is 141 Å². The zero-order chi connectivity index (χ0) is 58.8. The summed E-state index contributed by atoms with van der Waals surface area (Å²) >= 11 is 0. The van der Waals surface area contributed by atoms with E-state index in [9.17, 15) is 45.6 Å². The van der Waals surface area contributed by atoms with Crippen LogP contribution in [0.5, 0.6) is 0 Å². The third kappa shape index (κ3) is 36.8. The lowest BCUT2D eigenvalue weighted by molar-refractivity contribution is -0.359. The van der Waals surface area contributed by atoms with Gasteiger partial charge in [-0.2, -0.15) is 0 Å². The number of aliphatic hydroxyl groups is 8. The molecule has 2 heterocycles. The van der Waals surface area contributed by atoms with Gasteiger partial charge >= 0.3 is 0 Å². The molecule has 81 heavy (non-hydrogen) atoms. The van der Waals surface area contributed by atoms with Crippen molar-refractivity contribution in [1.29, 1.82) is 0 Å². The summed E-state index contributed by atoms with van der Waals surface area (Å²) in [4.78, 5) is 13.3. The zero-order valence-corrected chi connectivity index (χ0v) is 50.8. The van der Waals surface area contributed by atoms with Crippen LogP contribution in [0.1, 0.15) is 251 Å². The number of ether oxygens (including phenoxy) is 4. The number of allylic oxidation sites excluding steroid dienone is 11. The zero-order valence-electron chi connectivity index (χ0n) is 50.8. The highest BCUT2D eigenvalue weighted by molar-refractivity contribution is 5.76. The minimum Gasteiger partial charge on any atom is -0.394 e. The molecule has 0 radical (unpaired) electrons. The largest absolute Gasteiger partial charge is 0.394 e. The van der Waals surface area contributed by atoms with Crippen LogP contribution < -0.4 is 5.32 Å². The van der Waals surface area contributed by atoms with Crippen molar-refractivity contribution in [3.8, 4) is 0 Å². The summed E-state index contributed by atoms with van der Waals surface area (Å²) in [7, 11) is 0. The van der Waals surface area contributed by atoms with Crippen molar-refractivity contribution in [2.75, 3.05) is 19.8 Å². The van der Waals surface area contributed by atoms with E-state index >= 15 is 0 Å². The summed E-state index contributed by atoms with van der Waals surface area (Å²) < 4.78 is 22.8.